The first-order valence-corrected chi connectivity index (χ1v) is 4.60. The predicted molar refractivity (Wildman–Crippen MR) is 56.8 cm³/mol. The molecule has 0 aliphatic carbocycles. The van der Waals surface area contributed by atoms with Gasteiger partial charge in [-0.05, 0) is 11.6 Å². The third kappa shape index (κ3) is 1.55. The number of nitrogens with zero attached hydrogens (tertiary/aromatic N) is 2. The lowest BCUT2D eigenvalue weighted by Gasteiger charge is -1.95. The highest BCUT2D eigenvalue weighted by Gasteiger charge is 2.19. The van der Waals surface area contributed by atoms with E-state index in [0.29, 0.717) is 5.17 Å². The molecule has 0 fully saturated rings. The first-order valence-electron chi connectivity index (χ1n) is 4.22. The summed E-state index contributed by atoms with van der Waals surface area (Å²) in [6.07, 6.45) is 1.78. The lowest BCUT2D eigenvalue weighted by molar-refractivity contribution is 1.19. The first-order chi connectivity index (χ1) is 6.81. The molecule has 0 unspecified atom stereocenters. The molecule has 1 heterocycles. The van der Waals surface area contributed by atoms with Crippen molar-refractivity contribution in [2.75, 3.05) is 0 Å². The molecule has 1 aromatic carbocycles. The van der Waals surface area contributed by atoms with E-state index < -0.39 is 0 Å². The molecule has 0 bridgehead atoms. The van der Waals surface area contributed by atoms with Crippen LogP contribution in [0.5, 0.6) is 0 Å². The average Bonchev–Trinajstić information content (AvgIpc) is 2.61. The van der Waals surface area contributed by atoms with Crippen LogP contribution in [-0.2, 0) is 0 Å². The van der Waals surface area contributed by atoms with Crippen molar-refractivity contribution in [2.45, 2.75) is 0 Å². The lowest BCUT2D eigenvalue weighted by Crippen LogP contribution is -1.96. The van der Waals surface area contributed by atoms with Crippen LogP contribution in [0.2, 0.25) is 0 Å². The van der Waals surface area contributed by atoms with Gasteiger partial charge in [0.2, 0.25) is 0 Å². The van der Waals surface area contributed by atoms with Crippen molar-refractivity contribution < 1.29 is 0 Å². The van der Waals surface area contributed by atoms with Crippen molar-refractivity contribution in [3.05, 3.63) is 42.0 Å². The van der Waals surface area contributed by atoms with E-state index in [1.54, 1.807) is 6.08 Å². The van der Waals surface area contributed by atoms with Crippen molar-refractivity contribution in [2.24, 2.45) is 10.9 Å². The van der Waals surface area contributed by atoms with E-state index in [2.05, 4.69) is 11.1 Å². The van der Waals surface area contributed by atoms with Crippen molar-refractivity contribution >= 4 is 22.5 Å². The van der Waals surface area contributed by atoms with Gasteiger partial charge >= 0.3 is 0 Å². The second-order valence-electron chi connectivity index (χ2n) is 2.96. The normalized spacial score (nSPS) is 19.9. The van der Waals surface area contributed by atoms with E-state index in [1.807, 2.05) is 30.3 Å². The first kappa shape index (κ1) is 8.98. The Kier molecular flexibility index (Phi) is 2.34. The second kappa shape index (κ2) is 3.65. The molecule has 0 saturated heterocycles. The zero-order valence-corrected chi connectivity index (χ0v) is 8.07. The van der Waals surface area contributed by atoms with Gasteiger partial charge in [-0.1, -0.05) is 41.9 Å². The van der Waals surface area contributed by atoms with E-state index in [9.17, 15) is 0 Å². The van der Waals surface area contributed by atoms with Crippen LogP contribution in [0.1, 0.15) is 5.56 Å². The van der Waals surface area contributed by atoms with E-state index in [1.165, 1.54) is 0 Å². The van der Waals surface area contributed by atoms with Gasteiger partial charge in [-0.2, -0.15) is 5.26 Å². The molecular formula is C11H7ClN2. The van der Waals surface area contributed by atoms with Crippen LogP contribution < -0.4 is 0 Å². The maximum Gasteiger partial charge on any atom is 0.128 e. The molecule has 0 saturated carbocycles. The minimum absolute atomic E-state index is 0.353. The van der Waals surface area contributed by atoms with Gasteiger partial charge in [0.05, 0.1) is 11.8 Å². The largest absolute Gasteiger partial charge is 0.239 e. The smallest absolute Gasteiger partial charge is 0.128 e. The summed E-state index contributed by atoms with van der Waals surface area (Å²) in [5, 5.41) is 9.09. The number of nitriles is 1. The molecule has 3 heteroatoms. The van der Waals surface area contributed by atoms with Crippen molar-refractivity contribution in [1.29, 1.82) is 5.26 Å². The second-order valence-corrected chi connectivity index (χ2v) is 3.35. The summed E-state index contributed by atoms with van der Waals surface area (Å²) in [6, 6.07) is 11.8. The molecule has 2 nitrogen and oxygen atoms in total. The Hall–Kier alpha value is -1.59. The maximum atomic E-state index is 8.74. The zero-order valence-electron chi connectivity index (χ0n) is 7.31. The molecule has 1 aliphatic rings. The van der Waals surface area contributed by atoms with Gasteiger partial charge < -0.3 is 0 Å². The minimum Gasteiger partial charge on any atom is -0.239 e. The summed E-state index contributed by atoms with van der Waals surface area (Å²) >= 11 is 5.80. The van der Waals surface area contributed by atoms with Crippen LogP contribution in [-0.4, -0.2) is 5.17 Å². The summed E-state index contributed by atoms with van der Waals surface area (Å²) in [5.41, 5.74) is 1.77. The predicted octanol–water partition coefficient (Wildman–Crippen LogP) is 2.82. The summed E-state index contributed by atoms with van der Waals surface area (Å²) in [5.74, 6) is -0.383. The van der Waals surface area contributed by atoms with Crippen LogP contribution >= 0.6 is 11.6 Å². The van der Waals surface area contributed by atoms with Gasteiger partial charge in [0.15, 0.2) is 0 Å². The third-order valence-electron chi connectivity index (χ3n) is 2.02. The molecule has 1 atom stereocenters. The lowest BCUT2D eigenvalue weighted by atomic mass is 10.1. The quantitative estimate of drug-likeness (QED) is 0.690. The number of hydrogen-bond acceptors (Lipinski definition) is 2. The standard InChI is InChI=1S/C11H7ClN2/c12-11-9(7-13)6-10(14-11)8-4-2-1-3-5-8/h1-6,9H/t9-/m0/s1. The molecule has 0 spiro atoms. The fourth-order valence-corrected chi connectivity index (χ4v) is 1.51. The number of rotatable bonds is 1. The highest BCUT2D eigenvalue weighted by Crippen LogP contribution is 2.26. The summed E-state index contributed by atoms with van der Waals surface area (Å²) in [7, 11) is 0. The summed E-state index contributed by atoms with van der Waals surface area (Å²) in [4.78, 5) is 4.13. The Morgan fingerprint density at radius 2 is 2.00 bits per heavy atom. The Bertz CT molecular complexity index is 440. The van der Waals surface area contributed by atoms with Gasteiger partial charge in [-0.3, -0.25) is 0 Å². The molecular weight excluding hydrogens is 196 g/mol. The maximum absolute atomic E-state index is 8.74. The van der Waals surface area contributed by atoms with Crippen LogP contribution in [0.4, 0.5) is 0 Å². The van der Waals surface area contributed by atoms with E-state index in [0.717, 1.165) is 11.3 Å². The third-order valence-corrected chi connectivity index (χ3v) is 2.34. The highest BCUT2D eigenvalue weighted by atomic mass is 35.5. The number of hydrogen-bond donors (Lipinski definition) is 0. The van der Waals surface area contributed by atoms with E-state index >= 15 is 0 Å². The van der Waals surface area contributed by atoms with E-state index in [-0.39, 0.29) is 5.92 Å². The molecule has 2 rings (SSSR count). The van der Waals surface area contributed by atoms with E-state index in [4.69, 9.17) is 16.9 Å². The number of allylic oxidation sites excluding steroid dienone is 1. The molecule has 0 N–H and O–H groups in total. The molecule has 0 aromatic heterocycles. The fraction of sp³-hybridized carbons (Fsp3) is 0.0909. The monoisotopic (exact) mass is 202 g/mol. The van der Waals surface area contributed by atoms with Crippen LogP contribution in [0.3, 0.4) is 0 Å². The molecule has 14 heavy (non-hydrogen) atoms. The van der Waals surface area contributed by atoms with Crippen molar-refractivity contribution in [1.82, 2.24) is 0 Å². The zero-order chi connectivity index (χ0) is 9.97. The molecule has 0 radical (unpaired) electrons. The van der Waals surface area contributed by atoms with Gasteiger partial charge in [0.1, 0.15) is 11.1 Å². The SMILES string of the molecule is N#C[C@@H]1C=C(c2ccccc2)N=C1Cl. The summed E-state index contributed by atoms with van der Waals surface area (Å²) in [6.45, 7) is 0. The Balaban J connectivity index is 2.37. The molecule has 1 aromatic rings. The van der Waals surface area contributed by atoms with Crippen molar-refractivity contribution in [3.8, 4) is 6.07 Å². The van der Waals surface area contributed by atoms with Gasteiger partial charge in [-0.15, -0.1) is 0 Å². The van der Waals surface area contributed by atoms with Gasteiger partial charge in [-0.25, -0.2) is 4.99 Å². The van der Waals surface area contributed by atoms with Crippen LogP contribution in [0, 0.1) is 17.2 Å². The van der Waals surface area contributed by atoms with Gasteiger partial charge in [0, 0.05) is 0 Å². The van der Waals surface area contributed by atoms with Gasteiger partial charge in [0.25, 0.3) is 0 Å². The Morgan fingerprint density at radius 1 is 1.29 bits per heavy atom. The fourth-order valence-electron chi connectivity index (χ4n) is 1.31. The van der Waals surface area contributed by atoms with Crippen LogP contribution in [0.15, 0.2) is 41.4 Å². The number of aliphatic imine (C=N–C) groups is 1. The molecule has 1 aliphatic heterocycles. The number of benzene rings is 1. The summed E-state index contributed by atoms with van der Waals surface area (Å²) < 4.78 is 0. The molecule has 68 valence electrons. The Morgan fingerprint density at radius 3 is 2.57 bits per heavy atom. The number of halogens is 1. The molecule has 0 amide bonds. The Labute approximate surface area is 87.2 Å². The average molecular weight is 203 g/mol. The highest BCUT2D eigenvalue weighted by molar-refractivity contribution is 6.67. The minimum atomic E-state index is -0.383. The van der Waals surface area contributed by atoms with Crippen LogP contribution in [0.25, 0.3) is 5.70 Å². The topological polar surface area (TPSA) is 36.1 Å². The van der Waals surface area contributed by atoms with Crippen molar-refractivity contribution in [3.63, 3.8) is 0 Å².